The van der Waals surface area contributed by atoms with E-state index in [1.807, 2.05) is 0 Å². The molecular weight excluding hydrogens is 487 g/mol. The van der Waals surface area contributed by atoms with Gasteiger partial charge in [-0.05, 0) is 45.0 Å². The number of alkyl halides is 3. The Morgan fingerprint density at radius 3 is 2.39 bits per heavy atom. The van der Waals surface area contributed by atoms with Gasteiger partial charge >= 0.3 is 12.5 Å². The first kappa shape index (κ1) is 25.1. The second-order valence-corrected chi connectivity index (χ2v) is 11.7. The Morgan fingerprint density at radius 1 is 1.18 bits per heavy atom. The Balaban J connectivity index is 1.79. The van der Waals surface area contributed by atoms with E-state index in [2.05, 4.69) is 15.0 Å². The highest BCUT2D eigenvalue weighted by Gasteiger charge is 2.49. The van der Waals surface area contributed by atoms with Gasteiger partial charge in [-0.25, -0.2) is 13.2 Å². The fraction of sp³-hybridized carbons (Fsp3) is 0.526. The van der Waals surface area contributed by atoms with Crippen molar-refractivity contribution in [1.29, 1.82) is 0 Å². The van der Waals surface area contributed by atoms with Gasteiger partial charge in [-0.15, -0.1) is 13.2 Å². The SMILES string of the molecule is CC(C)(C)OC(=O)NCC(=O)N=C1S[C@H]2CS(=O)(=O)C[C@@H]2N1c1ccc(OC(F)(F)F)cc1. The van der Waals surface area contributed by atoms with Crippen LogP contribution in [0.1, 0.15) is 20.8 Å². The first-order chi connectivity index (χ1) is 15.1. The van der Waals surface area contributed by atoms with Crippen molar-refractivity contribution in [2.75, 3.05) is 23.0 Å². The molecule has 182 valence electrons. The standard InChI is InChI=1S/C19H22F3N3O6S2/c1-18(2,3)31-17(27)23-8-15(26)24-16-25(13-9-33(28,29)10-14(13)32-16)11-4-6-12(7-5-11)30-19(20,21)22/h4-7,13-14H,8-10H2,1-3H3,(H,23,27)/t13-,14-/m0/s1. The first-order valence-corrected chi connectivity index (χ1v) is 12.4. The topological polar surface area (TPSA) is 114 Å². The summed E-state index contributed by atoms with van der Waals surface area (Å²) in [6, 6.07) is 4.29. The lowest BCUT2D eigenvalue weighted by Crippen LogP contribution is -2.38. The van der Waals surface area contributed by atoms with Crippen LogP contribution in [0.15, 0.2) is 29.3 Å². The molecule has 2 fully saturated rings. The van der Waals surface area contributed by atoms with Crippen LogP contribution >= 0.6 is 11.8 Å². The van der Waals surface area contributed by atoms with Gasteiger partial charge in [0.1, 0.15) is 17.9 Å². The van der Waals surface area contributed by atoms with Gasteiger partial charge in [0.2, 0.25) is 0 Å². The molecule has 3 rings (SSSR count). The Kier molecular flexibility index (Phi) is 6.89. The Bertz CT molecular complexity index is 1050. The number of thioether (sulfide) groups is 1. The van der Waals surface area contributed by atoms with E-state index in [1.165, 1.54) is 17.0 Å². The molecule has 14 heteroatoms. The van der Waals surface area contributed by atoms with Crippen molar-refractivity contribution >= 4 is 44.5 Å². The number of ether oxygens (including phenoxy) is 2. The van der Waals surface area contributed by atoms with Gasteiger partial charge in [0.05, 0.1) is 17.5 Å². The number of sulfone groups is 1. The Labute approximate surface area is 192 Å². The maximum atomic E-state index is 12.4. The first-order valence-electron chi connectivity index (χ1n) is 9.72. The van der Waals surface area contributed by atoms with Gasteiger partial charge in [-0.3, -0.25) is 4.79 Å². The van der Waals surface area contributed by atoms with Crippen LogP contribution in [0.25, 0.3) is 0 Å². The Hall–Kier alpha value is -2.48. The van der Waals surface area contributed by atoms with E-state index >= 15 is 0 Å². The minimum atomic E-state index is -4.85. The molecular formula is C19H22F3N3O6S2. The van der Waals surface area contributed by atoms with E-state index < -0.39 is 57.4 Å². The number of amidine groups is 1. The number of amides is 2. The van der Waals surface area contributed by atoms with Crippen molar-refractivity contribution in [2.45, 2.75) is 44.0 Å². The zero-order valence-corrected chi connectivity index (χ0v) is 19.5. The summed E-state index contributed by atoms with van der Waals surface area (Å²) in [5.41, 5.74) is -0.393. The summed E-state index contributed by atoms with van der Waals surface area (Å²) in [4.78, 5) is 29.6. The average molecular weight is 510 g/mol. The largest absolute Gasteiger partial charge is 0.573 e. The number of hydrogen-bond acceptors (Lipinski definition) is 7. The number of alkyl carbamates (subject to hydrolysis) is 1. The molecule has 0 bridgehead atoms. The maximum Gasteiger partial charge on any atom is 0.573 e. The summed E-state index contributed by atoms with van der Waals surface area (Å²) < 4.78 is 70.4. The molecule has 1 N–H and O–H groups in total. The number of nitrogens with zero attached hydrogens (tertiary/aromatic N) is 2. The summed E-state index contributed by atoms with van der Waals surface area (Å²) >= 11 is 1.09. The third kappa shape index (κ3) is 7.00. The molecule has 1 aromatic carbocycles. The predicted molar refractivity (Wildman–Crippen MR) is 116 cm³/mol. The normalized spacial score (nSPS) is 23.3. The van der Waals surface area contributed by atoms with Gasteiger partial charge in [-0.2, -0.15) is 4.99 Å². The molecule has 2 aliphatic rings. The molecule has 2 atom stereocenters. The molecule has 0 aromatic heterocycles. The van der Waals surface area contributed by atoms with Crippen LogP contribution in [-0.4, -0.2) is 66.9 Å². The lowest BCUT2D eigenvalue weighted by atomic mass is 10.2. The van der Waals surface area contributed by atoms with Crippen LogP contribution in [0.2, 0.25) is 0 Å². The summed E-state index contributed by atoms with van der Waals surface area (Å²) in [5.74, 6) is -1.44. The highest BCUT2D eigenvalue weighted by molar-refractivity contribution is 8.16. The number of aliphatic imine (C=N–C) groups is 1. The molecule has 2 heterocycles. The van der Waals surface area contributed by atoms with Crippen molar-refractivity contribution in [3.63, 3.8) is 0 Å². The number of carbonyl (C=O) groups excluding carboxylic acids is 2. The van der Waals surface area contributed by atoms with E-state index in [0.717, 1.165) is 23.9 Å². The fourth-order valence-corrected chi connectivity index (χ4v) is 7.21. The summed E-state index contributed by atoms with van der Waals surface area (Å²) in [5, 5.41) is 2.09. The van der Waals surface area contributed by atoms with Crippen molar-refractivity contribution in [1.82, 2.24) is 5.32 Å². The zero-order valence-electron chi connectivity index (χ0n) is 17.9. The second-order valence-electron chi connectivity index (χ2n) is 8.36. The second kappa shape index (κ2) is 9.05. The van der Waals surface area contributed by atoms with Gasteiger partial charge in [0.15, 0.2) is 15.0 Å². The quantitative estimate of drug-likeness (QED) is 0.659. The molecule has 0 unspecified atom stereocenters. The molecule has 0 radical (unpaired) electrons. The number of hydrogen-bond donors (Lipinski definition) is 1. The van der Waals surface area contributed by atoms with Crippen LogP contribution in [0, 0.1) is 0 Å². The lowest BCUT2D eigenvalue weighted by molar-refractivity contribution is -0.274. The third-order valence-corrected chi connectivity index (χ3v) is 7.63. The maximum absolute atomic E-state index is 12.4. The van der Waals surface area contributed by atoms with Gasteiger partial charge in [-0.1, -0.05) is 11.8 Å². The van der Waals surface area contributed by atoms with E-state index in [4.69, 9.17) is 4.74 Å². The summed E-state index contributed by atoms with van der Waals surface area (Å²) in [7, 11) is -3.32. The Morgan fingerprint density at radius 2 is 1.82 bits per heavy atom. The smallest absolute Gasteiger partial charge is 0.444 e. The highest BCUT2D eigenvalue weighted by atomic mass is 32.2. The number of carbonyl (C=O) groups is 2. The number of fused-ring (bicyclic) bond motifs is 1. The minimum Gasteiger partial charge on any atom is -0.444 e. The van der Waals surface area contributed by atoms with Crippen LogP contribution in [0.5, 0.6) is 5.75 Å². The van der Waals surface area contributed by atoms with Crippen molar-refractivity contribution < 1.29 is 40.7 Å². The van der Waals surface area contributed by atoms with E-state index in [-0.39, 0.29) is 16.7 Å². The molecule has 9 nitrogen and oxygen atoms in total. The van der Waals surface area contributed by atoms with Gasteiger partial charge < -0.3 is 19.7 Å². The molecule has 0 saturated carbocycles. The van der Waals surface area contributed by atoms with E-state index in [0.29, 0.717) is 5.69 Å². The molecule has 2 aliphatic heterocycles. The molecule has 2 saturated heterocycles. The number of rotatable bonds is 4. The molecule has 0 spiro atoms. The predicted octanol–water partition coefficient (Wildman–Crippen LogP) is 2.71. The van der Waals surface area contributed by atoms with Gasteiger partial charge in [0, 0.05) is 10.9 Å². The fourth-order valence-electron chi connectivity index (χ4n) is 3.28. The monoisotopic (exact) mass is 509 g/mol. The number of benzene rings is 1. The van der Waals surface area contributed by atoms with Crippen LogP contribution in [0.4, 0.5) is 23.7 Å². The number of halogens is 3. The molecule has 33 heavy (non-hydrogen) atoms. The number of nitrogens with one attached hydrogen (secondary N) is 1. The van der Waals surface area contributed by atoms with Crippen molar-refractivity contribution in [2.24, 2.45) is 4.99 Å². The zero-order chi connectivity index (χ0) is 24.6. The summed E-state index contributed by atoms with van der Waals surface area (Å²) in [6.45, 7) is 4.55. The minimum absolute atomic E-state index is 0.114. The molecule has 1 aromatic rings. The van der Waals surface area contributed by atoms with E-state index in [9.17, 15) is 31.2 Å². The third-order valence-electron chi connectivity index (χ3n) is 4.42. The van der Waals surface area contributed by atoms with Gasteiger partial charge in [0.25, 0.3) is 5.91 Å². The number of anilines is 1. The van der Waals surface area contributed by atoms with Crippen LogP contribution in [-0.2, 0) is 19.4 Å². The molecule has 2 amide bonds. The van der Waals surface area contributed by atoms with Crippen molar-refractivity contribution in [3.05, 3.63) is 24.3 Å². The highest BCUT2D eigenvalue weighted by Crippen LogP contribution is 2.41. The average Bonchev–Trinajstić information content (AvgIpc) is 3.09. The molecule has 0 aliphatic carbocycles. The van der Waals surface area contributed by atoms with E-state index in [1.54, 1.807) is 20.8 Å². The summed E-state index contributed by atoms with van der Waals surface area (Å²) in [6.07, 6.45) is -5.65. The van der Waals surface area contributed by atoms with Crippen LogP contribution < -0.4 is 15.0 Å². The van der Waals surface area contributed by atoms with Crippen molar-refractivity contribution in [3.8, 4) is 5.75 Å². The van der Waals surface area contributed by atoms with Crippen LogP contribution in [0.3, 0.4) is 0 Å². The lowest BCUT2D eigenvalue weighted by Gasteiger charge is -2.24.